The van der Waals surface area contributed by atoms with E-state index in [1.54, 1.807) is 6.26 Å². The van der Waals surface area contributed by atoms with Crippen LogP contribution in [0.2, 0.25) is 0 Å². The highest BCUT2D eigenvalue weighted by atomic mass is 32.2. The van der Waals surface area contributed by atoms with Crippen molar-refractivity contribution >= 4 is 17.1 Å². The first-order valence-electron chi connectivity index (χ1n) is 7.32. The number of nitrogens with one attached hydrogen (secondary N) is 1. The molecule has 0 bridgehead atoms. The molecule has 124 valence electrons. The summed E-state index contributed by atoms with van der Waals surface area (Å²) in [6.07, 6.45) is 1.38. The second-order valence-electron chi connectivity index (χ2n) is 5.05. The van der Waals surface area contributed by atoms with Gasteiger partial charge in [-0.3, -0.25) is 0 Å². The SMILES string of the molecule is CSC(=O)OCc1ccc(OC(C)OCCNC(C)C)cc1. The topological polar surface area (TPSA) is 56.8 Å². The van der Waals surface area contributed by atoms with Gasteiger partial charge in [0.2, 0.25) is 0 Å². The zero-order valence-corrected chi connectivity index (χ0v) is 14.4. The minimum atomic E-state index is -0.311. The van der Waals surface area contributed by atoms with Crippen LogP contribution in [0.5, 0.6) is 5.75 Å². The van der Waals surface area contributed by atoms with Crippen LogP contribution in [0.25, 0.3) is 0 Å². The minimum absolute atomic E-state index is 0.271. The molecule has 1 aromatic rings. The van der Waals surface area contributed by atoms with E-state index in [9.17, 15) is 4.79 Å². The van der Waals surface area contributed by atoms with E-state index in [2.05, 4.69) is 19.2 Å². The van der Waals surface area contributed by atoms with Gasteiger partial charge < -0.3 is 19.5 Å². The average Bonchev–Trinajstić information content (AvgIpc) is 2.50. The van der Waals surface area contributed by atoms with Gasteiger partial charge in [0.05, 0.1) is 6.61 Å². The molecular formula is C16H25NO4S. The third kappa shape index (κ3) is 8.26. The van der Waals surface area contributed by atoms with Crippen molar-refractivity contribution in [2.75, 3.05) is 19.4 Å². The van der Waals surface area contributed by atoms with Crippen LogP contribution < -0.4 is 10.1 Å². The number of hydrogen-bond donors (Lipinski definition) is 1. The van der Waals surface area contributed by atoms with Gasteiger partial charge >= 0.3 is 5.30 Å². The zero-order valence-electron chi connectivity index (χ0n) is 13.6. The summed E-state index contributed by atoms with van der Waals surface area (Å²) >= 11 is 1.06. The lowest BCUT2D eigenvalue weighted by molar-refractivity contribution is -0.0653. The van der Waals surface area contributed by atoms with Crippen LogP contribution in [-0.4, -0.2) is 37.0 Å². The highest BCUT2D eigenvalue weighted by molar-refractivity contribution is 8.12. The Morgan fingerprint density at radius 2 is 1.91 bits per heavy atom. The quantitative estimate of drug-likeness (QED) is 0.426. The molecule has 0 fully saturated rings. The number of hydrogen-bond acceptors (Lipinski definition) is 6. The van der Waals surface area contributed by atoms with Gasteiger partial charge in [0.1, 0.15) is 12.4 Å². The van der Waals surface area contributed by atoms with Crippen LogP contribution in [0.1, 0.15) is 26.3 Å². The van der Waals surface area contributed by atoms with Crippen molar-refractivity contribution in [1.82, 2.24) is 5.32 Å². The maximum Gasteiger partial charge on any atom is 0.367 e. The highest BCUT2D eigenvalue weighted by Gasteiger charge is 2.05. The predicted molar refractivity (Wildman–Crippen MR) is 89.3 cm³/mol. The molecular weight excluding hydrogens is 302 g/mol. The summed E-state index contributed by atoms with van der Waals surface area (Å²) in [7, 11) is 0. The number of thioether (sulfide) groups is 1. The summed E-state index contributed by atoms with van der Waals surface area (Å²) < 4.78 is 16.3. The summed E-state index contributed by atoms with van der Waals surface area (Å²) in [6, 6.07) is 7.88. The smallest absolute Gasteiger partial charge is 0.367 e. The van der Waals surface area contributed by atoms with Crippen LogP contribution in [0.3, 0.4) is 0 Å². The Labute approximate surface area is 136 Å². The van der Waals surface area contributed by atoms with Crippen LogP contribution in [0.15, 0.2) is 24.3 Å². The molecule has 0 aromatic heterocycles. The fourth-order valence-electron chi connectivity index (χ4n) is 1.66. The molecule has 0 aliphatic rings. The molecule has 0 aliphatic carbocycles. The first kappa shape index (κ1) is 18.8. The number of ether oxygens (including phenoxy) is 3. The molecule has 6 heteroatoms. The molecule has 1 N–H and O–H groups in total. The van der Waals surface area contributed by atoms with Crippen LogP contribution in [-0.2, 0) is 16.1 Å². The van der Waals surface area contributed by atoms with Gasteiger partial charge in [-0.1, -0.05) is 26.0 Å². The molecule has 1 atom stereocenters. The molecule has 0 saturated heterocycles. The molecule has 0 saturated carbocycles. The van der Waals surface area contributed by atoms with Crippen molar-refractivity contribution in [2.45, 2.75) is 39.7 Å². The number of carbonyl (C=O) groups is 1. The van der Waals surface area contributed by atoms with Crippen molar-refractivity contribution < 1.29 is 19.0 Å². The Morgan fingerprint density at radius 1 is 1.23 bits per heavy atom. The van der Waals surface area contributed by atoms with Gasteiger partial charge in [-0.25, -0.2) is 4.79 Å². The van der Waals surface area contributed by atoms with Crippen molar-refractivity contribution in [1.29, 1.82) is 0 Å². The van der Waals surface area contributed by atoms with Gasteiger partial charge in [-0.05, 0) is 42.6 Å². The number of rotatable bonds is 9. The third-order valence-corrected chi connectivity index (χ3v) is 3.21. The normalized spacial score (nSPS) is 12.2. The van der Waals surface area contributed by atoms with Crippen molar-refractivity contribution in [3.63, 3.8) is 0 Å². The first-order valence-corrected chi connectivity index (χ1v) is 8.55. The van der Waals surface area contributed by atoms with E-state index in [0.29, 0.717) is 12.6 Å². The highest BCUT2D eigenvalue weighted by Crippen LogP contribution is 2.15. The predicted octanol–water partition coefficient (Wildman–Crippen LogP) is 3.43. The van der Waals surface area contributed by atoms with E-state index >= 15 is 0 Å². The molecule has 22 heavy (non-hydrogen) atoms. The van der Waals surface area contributed by atoms with E-state index < -0.39 is 0 Å². The second kappa shape index (κ2) is 10.5. The largest absolute Gasteiger partial charge is 0.465 e. The summed E-state index contributed by atoms with van der Waals surface area (Å²) in [5.41, 5.74) is 0.921. The van der Waals surface area contributed by atoms with E-state index in [-0.39, 0.29) is 18.2 Å². The molecule has 1 aromatic carbocycles. The van der Waals surface area contributed by atoms with Gasteiger partial charge in [0.15, 0.2) is 6.29 Å². The van der Waals surface area contributed by atoms with Crippen LogP contribution in [0.4, 0.5) is 4.79 Å². The molecule has 0 radical (unpaired) electrons. The van der Waals surface area contributed by atoms with Crippen LogP contribution >= 0.6 is 11.8 Å². The minimum Gasteiger partial charge on any atom is -0.465 e. The zero-order chi connectivity index (χ0) is 16.4. The lowest BCUT2D eigenvalue weighted by Gasteiger charge is -2.16. The molecule has 5 nitrogen and oxygen atoms in total. The summed E-state index contributed by atoms with van der Waals surface area (Å²) in [5.74, 6) is 0.726. The fourth-order valence-corrected chi connectivity index (χ4v) is 1.84. The van der Waals surface area contributed by atoms with Gasteiger partial charge in [-0.2, -0.15) is 0 Å². The Bertz CT molecular complexity index is 436. The van der Waals surface area contributed by atoms with Crippen molar-refractivity contribution in [2.24, 2.45) is 0 Å². The van der Waals surface area contributed by atoms with E-state index in [4.69, 9.17) is 14.2 Å². The average molecular weight is 327 g/mol. The van der Waals surface area contributed by atoms with Gasteiger partial charge in [0, 0.05) is 12.6 Å². The molecule has 0 spiro atoms. The summed E-state index contributed by atoms with van der Waals surface area (Å²) in [4.78, 5) is 11.1. The Hall–Kier alpha value is -1.24. The fraction of sp³-hybridized carbons (Fsp3) is 0.562. The second-order valence-corrected chi connectivity index (χ2v) is 5.79. The Balaban J connectivity index is 2.29. The molecule has 0 amide bonds. The van der Waals surface area contributed by atoms with Crippen molar-refractivity contribution in [3.8, 4) is 5.75 Å². The molecule has 1 unspecified atom stereocenters. The van der Waals surface area contributed by atoms with Crippen molar-refractivity contribution in [3.05, 3.63) is 29.8 Å². The summed E-state index contributed by atoms with van der Waals surface area (Å²) in [6.45, 7) is 7.72. The third-order valence-electron chi connectivity index (χ3n) is 2.76. The van der Waals surface area contributed by atoms with E-state index in [0.717, 1.165) is 29.6 Å². The lowest BCUT2D eigenvalue weighted by Crippen LogP contribution is -2.29. The number of benzene rings is 1. The van der Waals surface area contributed by atoms with Crippen LogP contribution in [0, 0.1) is 0 Å². The molecule has 0 heterocycles. The molecule has 1 rings (SSSR count). The van der Waals surface area contributed by atoms with E-state index in [1.165, 1.54) is 0 Å². The Kier molecular flexibility index (Phi) is 8.96. The van der Waals surface area contributed by atoms with Gasteiger partial charge in [-0.15, -0.1) is 0 Å². The monoisotopic (exact) mass is 327 g/mol. The molecule has 0 aliphatic heterocycles. The van der Waals surface area contributed by atoms with Gasteiger partial charge in [0.25, 0.3) is 0 Å². The maximum absolute atomic E-state index is 11.1. The maximum atomic E-state index is 11.1. The standard InChI is InChI=1S/C16H25NO4S/c1-12(2)17-9-10-19-13(3)21-15-7-5-14(6-8-15)11-20-16(18)22-4/h5-8,12-13,17H,9-11H2,1-4H3. The van der Waals surface area contributed by atoms with E-state index in [1.807, 2.05) is 31.2 Å². The summed E-state index contributed by atoms with van der Waals surface area (Å²) in [5, 5.41) is 3.00. The first-order chi connectivity index (χ1) is 10.5. The lowest BCUT2D eigenvalue weighted by atomic mass is 10.2. The Morgan fingerprint density at radius 3 is 2.50 bits per heavy atom. The number of carbonyl (C=O) groups excluding carboxylic acids is 1.